The van der Waals surface area contributed by atoms with Crippen molar-refractivity contribution in [2.24, 2.45) is 17.3 Å². The molecule has 0 heteroatoms. The minimum Gasteiger partial charge on any atom is -0.0625 e. The van der Waals surface area contributed by atoms with Crippen LogP contribution in [0.1, 0.15) is 65.2 Å². The predicted octanol–water partition coefficient (Wildman–Crippen LogP) is 4.39. The molecule has 0 N–H and O–H groups in total. The van der Waals surface area contributed by atoms with Gasteiger partial charge < -0.3 is 0 Å². The van der Waals surface area contributed by atoms with E-state index in [0.717, 1.165) is 17.3 Å². The van der Waals surface area contributed by atoms with E-state index in [9.17, 15) is 0 Å². The van der Waals surface area contributed by atoms with Crippen molar-refractivity contribution in [1.82, 2.24) is 0 Å². The summed E-state index contributed by atoms with van der Waals surface area (Å²) in [6.45, 7) is 4.92. The van der Waals surface area contributed by atoms with E-state index < -0.39 is 0 Å². The maximum Gasteiger partial charge on any atom is -0.0292 e. The van der Waals surface area contributed by atoms with Crippen LogP contribution in [0.25, 0.3) is 0 Å². The molecule has 0 saturated heterocycles. The molecule has 0 aromatic carbocycles. The Kier molecular flexibility index (Phi) is 2.67. The number of hydrogen-bond acceptors (Lipinski definition) is 0. The minimum atomic E-state index is 0.801. The molecule has 2 aliphatic carbocycles. The summed E-state index contributed by atoms with van der Waals surface area (Å²) in [4.78, 5) is 0. The Morgan fingerprint density at radius 2 is 1.54 bits per heavy atom. The van der Waals surface area contributed by atoms with Crippen LogP contribution < -0.4 is 0 Å². The van der Waals surface area contributed by atoms with Gasteiger partial charge >= 0.3 is 0 Å². The molecule has 0 aromatic rings. The zero-order valence-electron chi connectivity index (χ0n) is 9.31. The Morgan fingerprint density at radius 1 is 0.846 bits per heavy atom. The van der Waals surface area contributed by atoms with Crippen molar-refractivity contribution in [1.29, 1.82) is 0 Å². The molecule has 13 heavy (non-hydrogen) atoms. The molecule has 0 radical (unpaired) electrons. The van der Waals surface area contributed by atoms with Gasteiger partial charge in [-0.3, -0.25) is 0 Å². The summed E-state index contributed by atoms with van der Waals surface area (Å²) in [5.41, 5.74) is 0.801. The first-order valence-electron chi connectivity index (χ1n) is 6.20. The van der Waals surface area contributed by atoms with Gasteiger partial charge in [0.2, 0.25) is 0 Å². The highest BCUT2D eigenvalue weighted by molar-refractivity contribution is 4.90. The molecule has 0 aromatic heterocycles. The summed E-state index contributed by atoms with van der Waals surface area (Å²) in [5, 5.41) is 0. The first kappa shape index (κ1) is 9.55. The first-order valence-corrected chi connectivity index (χ1v) is 6.20. The number of rotatable bonds is 0. The minimum absolute atomic E-state index is 0.801. The Hall–Kier alpha value is 0. The molecule has 1 spiro atoms. The largest absolute Gasteiger partial charge is 0.0625 e. The average Bonchev–Trinajstić information content (AvgIpc) is 2.30. The summed E-state index contributed by atoms with van der Waals surface area (Å²) in [6.07, 6.45) is 12.2. The third-order valence-corrected chi connectivity index (χ3v) is 4.38. The standard InChI is InChI=1S/C13H24/c1-11-5-3-4-7-13(9-11)8-6-12(2)10-13/h11-12H,3-10H2,1-2H3. The van der Waals surface area contributed by atoms with Crippen molar-refractivity contribution in [3.05, 3.63) is 0 Å². The van der Waals surface area contributed by atoms with Crippen LogP contribution in [0.4, 0.5) is 0 Å². The van der Waals surface area contributed by atoms with Crippen molar-refractivity contribution in [3.63, 3.8) is 0 Å². The average molecular weight is 180 g/mol. The molecular formula is C13H24. The second-order valence-electron chi connectivity index (χ2n) is 5.90. The van der Waals surface area contributed by atoms with Crippen molar-refractivity contribution in [2.75, 3.05) is 0 Å². The molecule has 3 unspecified atom stereocenters. The van der Waals surface area contributed by atoms with Crippen LogP contribution in [0, 0.1) is 17.3 Å². The highest BCUT2D eigenvalue weighted by atomic mass is 14.4. The van der Waals surface area contributed by atoms with Crippen LogP contribution in [-0.4, -0.2) is 0 Å². The highest BCUT2D eigenvalue weighted by Gasteiger charge is 2.38. The second-order valence-corrected chi connectivity index (χ2v) is 5.90. The summed E-state index contributed by atoms with van der Waals surface area (Å²) >= 11 is 0. The van der Waals surface area contributed by atoms with E-state index in [1.807, 2.05) is 0 Å². The summed E-state index contributed by atoms with van der Waals surface area (Å²) in [6, 6.07) is 0. The maximum atomic E-state index is 2.47. The van der Waals surface area contributed by atoms with Gasteiger partial charge in [-0.1, -0.05) is 39.5 Å². The monoisotopic (exact) mass is 180 g/mol. The molecule has 0 bridgehead atoms. The van der Waals surface area contributed by atoms with Gasteiger partial charge in [-0.05, 0) is 42.9 Å². The highest BCUT2D eigenvalue weighted by Crippen LogP contribution is 2.51. The van der Waals surface area contributed by atoms with Crippen molar-refractivity contribution in [2.45, 2.75) is 65.2 Å². The van der Waals surface area contributed by atoms with Gasteiger partial charge in [-0.25, -0.2) is 0 Å². The Morgan fingerprint density at radius 3 is 2.23 bits per heavy atom. The van der Waals surface area contributed by atoms with E-state index in [4.69, 9.17) is 0 Å². The lowest BCUT2D eigenvalue weighted by Gasteiger charge is -2.29. The lowest BCUT2D eigenvalue weighted by molar-refractivity contribution is 0.217. The van der Waals surface area contributed by atoms with Crippen molar-refractivity contribution >= 4 is 0 Å². The molecule has 2 aliphatic rings. The first-order chi connectivity index (χ1) is 6.20. The Balaban J connectivity index is 2.03. The normalized spacial score (nSPS) is 46.6. The van der Waals surface area contributed by atoms with Crippen LogP contribution in [0.15, 0.2) is 0 Å². The van der Waals surface area contributed by atoms with Crippen LogP contribution in [0.3, 0.4) is 0 Å². The van der Waals surface area contributed by atoms with E-state index in [0.29, 0.717) is 0 Å². The lowest BCUT2D eigenvalue weighted by Crippen LogP contribution is -2.18. The zero-order chi connectivity index (χ0) is 9.31. The lowest BCUT2D eigenvalue weighted by atomic mass is 9.76. The molecule has 76 valence electrons. The molecule has 2 saturated carbocycles. The number of hydrogen-bond donors (Lipinski definition) is 0. The van der Waals surface area contributed by atoms with Gasteiger partial charge in [0.15, 0.2) is 0 Å². The summed E-state index contributed by atoms with van der Waals surface area (Å²) in [7, 11) is 0. The molecule has 2 fully saturated rings. The van der Waals surface area contributed by atoms with E-state index in [2.05, 4.69) is 13.8 Å². The fourth-order valence-corrected chi connectivity index (χ4v) is 3.84. The van der Waals surface area contributed by atoms with Crippen molar-refractivity contribution < 1.29 is 0 Å². The van der Waals surface area contributed by atoms with Gasteiger partial charge in [0.25, 0.3) is 0 Å². The molecule has 3 atom stereocenters. The Bertz CT molecular complexity index is 173. The van der Waals surface area contributed by atoms with Crippen LogP contribution in [0.5, 0.6) is 0 Å². The fraction of sp³-hybridized carbons (Fsp3) is 1.00. The summed E-state index contributed by atoms with van der Waals surface area (Å²) < 4.78 is 0. The van der Waals surface area contributed by atoms with Crippen LogP contribution in [0.2, 0.25) is 0 Å². The van der Waals surface area contributed by atoms with E-state index in [1.165, 1.54) is 38.5 Å². The second kappa shape index (κ2) is 3.63. The molecule has 0 aliphatic heterocycles. The third-order valence-electron chi connectivity index (χ3n) is 4.38. The topological polar surface area (TPSA) is 0 Å². The van der Waals surface area contributed by atoms with Gasteiger partial charge in [0, 0.05) is 0 Å². The third kappa shape index (κ3) is 2.08. The van der Waals surface area contributed by atoms with Gasteiger partial charge in [-0.2, -0.15) is 0 Å². The van der Waals surface area contributed by atoms with E-state index in [-0.39, 0.29) is 0 Å². The molecule has 0 amide bonds. The van der Waals surface area contributed by atoms with Gasteiger partial charge in [0.1, 0.15) is 0 Å². The predicted molar refractivity (Wildman–Crippen MR) is 57.7 cm³/mol. The quantitative estimate of drug-likeness (QED) is 0.518. The zero-order valence-corrected chi connectivity index (χ0v) is 9.31. The van der Waals surface area contributed by atoms with Gasteiger partial charge in [0.05, 0.1) is 0 Å². The molecule has 0 nitrogen and oxygen atoms in total. The van der Waals surface area contributed by atoms with Crippen LogP contribution in [-0.2, 0) is 0 Å². The van der Waals surface area contributed by atoms with Gasteiger partial charge in [-0.15, -0.1) is 0 Å². The smallest absolute Gasteiger partial charge is 0.0292 e. The van der Waals surface area contributed by atoms with Crippen LogP contribution >= 0.6 is 0 Å². The molecule has 2 rings (SSSR count). The Labute approximate surface area is 83.1 Å². The van der Waals surface area contributed by atoms with Crippen molar-refractivity contribution in [3.8, 4) is 0 Å². The SMILES string of the molecule is CC1CCCCC2(CCC(C)C2)C1. The molecule has 0 heterocycles. The van der Waals surface area contributed by atoms with E-state index in [1.54, 1.807) is 12.8 Å². The summed E-state index contributed by atoms with van der Waals surface area (Å²) in [5.74, 6) is 2.03. The fourth-order valence-electron chi connectivity index (χ4n) is 3.84. The van der Waals surface area contributed by atoms with E-state index >= 15 is 0 Å². The maximum absolute atomic E-state index is 2.47. The molecular weight excluding hydrogens is 156 g/mol.